The number of anilines is 1. The van der Waals surface area contributed by atoms with E-state index in [-0.39, 0.29) is 0 Å². The lowest BCUT2D eigenvalue weighted by molar-refractivity contribution is -0.817. The van der Waals surface area contributed by atoms with E-state index in [4.69, 9.17) is 12.2 Å². The van der Waals surface area contributed by atoms with Crippen molar-refractivity contribution < 1.29 is 4.90 Å². The third-order valence-electron chi connectivity index (χ3n) is 3.19. The standard InChI is InChI=1S/C15H14N2S2/c18-15-17(14-9-5-2-6-10-14)11-16(12-19-15)13-7-3-1-4-8-13/h1-10H,11-12H2/p+1. The second-order valence-electron chi connectivity index (χ2n) is 4.45. The molecular formula is C15H15N2S2+. The summed E-state index contributed by atoms with van der Waals surface area (Å²) in [5, 5.41) is 0. The van der Waals surface area contributed by atoms with Gasteiger partial charge in [0.15, 0.2) is 11.0 Å². The van der Waals surface area contributed by atoms with Crippen LogP contribution in [0.3, 0.4) is 0 Å². The molecule has 2 aromatic rings. The zero-order valence-corrected chi connectivity index (χ0v) is 12.1. The molecule has 4 heteroatoms. The fourth-order valence-corrected chi connectivity index (χ4v) is 3.41. The fourth-order valence-electron chi connectivity index (χ4n) is 2.18. The first kappa shape index (κ1) is 12.7. The van der Waals surface area contributed by atoms with Crippen LogP contribution < -0.4 is 9.80 Å². The topological polar surface area (TPSA) is 7.68 Å². The monoisotopic (exact) mass is 287 g/mol. The summed E-state index contributed by atoms with van der Waals surface area (Å²) in [5.74, 6) is 0.992. The predicted molar refractivity (Wildman–Crippen MR) is 85.9 cm³/mol. The lowest BCUT2D eigenvalue weighted by atomic mass is 10.3. The first-order valence-electron chi connectivity index (χ1n) is 6.24. The lowest BCUT2D eigenvalue weighted by Crippen LogP contribution is -3.10. The Morgan fingerprint density at radius 1 is 0.947 bits per heavy atom. The fraction of sp³-hybridized carbons (Fsp3) is 0.133. The molecule has 1 atom stereocenters. The number of nitrogens with zero attached hydrogens (tertiary/aromatic N) is 1. The van der Waals surface area contributed by atoms with E-state index in [1.807, 2.05) is 6.07 Å². The van der Waals surface area contributed by atoms with E-state index in [1.165, 1.54) is 16.3 Å². The minimum Gasteiger partial charge on any atom is -0.279 e. The Bertz CT molecular complexity index is 557. The number of hydrogen-bond acceptors (Lipinski definition) is 2. The van der Waals surface area contributed by atoms with Crippen LogP contribution >= 0.6 is 24.0 Å². The van der Waals surface area contributed by atoms with Gasteiger partial charge in [-0.1, -0.05) is 48.6 Å². The molecule has 0 bridgehead atoms. The summed E-state index contributed by atoms with van der Waals surface area (Å²) in [6, 6.07) is 21.0. The number of quaternary nitrogens is 1. The maximum Gasteiger partial charge on any atom is 0.163 e. The molecule has 1 fully saturated rings. The molecular weight excluding hydrogens is 272 g/mol. The van der Waals surface area contributed by atoms with Gasteiger partial charge in [-0.3, -0.25) is 9.80 Å². The van der Waals surface area contributed by atoms with Gasteiger partial charge in [0.25, 0.3) is 0 Å². The van der Waals surface area contributed by atoms with Gasteiger partial charge in [0.05, 0.1) is 0 Å². The molecule has 0 aromatic heterocycles. The van der Waals surface area contributed by atoms with Crippen LogP contribution in [0.4, 0.5) is 11.4 Å². The maximum atomic E-state index is 5.49. The number of rotatable bonds is 2. The molecule has 0 spiro atoms. The van der Waals surface area contributed by atoms with Gasteiger partial charge in [-0.15, -0.1) is 0 Å². The average Bonchev–Trinajstić information content (AvgIpc) is 2.49. The molecule has 1 aliphatic heterocycles. The van der Waals surface area contributed by atoms with Crippen LogP contribution in [-0.4, -0.2) is 16.9 Å². The first-order chi connectivity index (χ1) is 9.34. The molecule has 1 N–H and O–H groups in total. The highest BCUT2D eigenvalue weighted by Gasteiger charge is 2.26. The quantitative estimate of drug-likeness (QED) is 0.850. The Hall–Kier alpha value is -1.36. The Kier molecular flexibility index (Phi) is 3.82. The summed E-state index contributed by atoms with van der Waals surface area (Å²) in [5.41, 5.74) is 2.49. The van der Waals surface area contributed by atoms with Crippen molar-refractivity contribution in [3.05, 3.63) is 60.7 Å². The SMILES string of the molecule is S=C1SC[NH+](c2ccccc2)CN1c1ccccc1. The second-order valence-corrected chi connectivity index (χ2v) is 6.06. The van der Waals surface area contributed by atoms with E-state index >= 15 is 0 Å². The lowest BCUT2D eigenvalue weighted by Gasteiger charge is -2.33. The number of para-hydroxylation sites is 2. The van der Waals surface area contributed by atoms with Gasteiger partial charge in [-0.05, 0) is 36.0 Å². The zero-order chi connectivity index (χ0) is 13.1. The van der Waals surface area contributed by atoms with Crippen molar-refractivity contribution in [2.45, 2.75) is 0 Å². The number of benzene rings is 2. The average molecular weight is 287 g/mol. The van der Waals surface area contributed by atoms with Crippen LogP contribution in [-0.2, 0) is 0 Å². The van der Waals surface area contributed by atoms with Crippen molar-refractivity contribution in [1.29, 1.82) is 0 Å². The Labute approximate surface area is 123 Å². The smallest absolute Gasteiger partial charge is 0.163 e. The van der Waals surface area contributed by atoms with Crippen LogP contribution in [0.25, 0.3) is 0 Å². The largest absolute Gasteiger partial charge is 0.279 e. The number of nitrogens with one attached hydrogen (secondary N) is 1. The number of hydrogen-bond donors (Lipinski definition) is 1. The van der Waals surface area contributed by atoms with Crippen LogP contribution in [0, 0.1) is 0 Å². The third kappa shape index (κ3) is 2.81. The van der Waals surface area contributed by atoms with Crippen LogP contribution in [0.15, 0.2) is 60.7 Å². The molecule has 3 rings (SSSR count). The van der Waals surface area contributed by atoms with E-state index in [0.29, 0.717) is 0 Å². The van der Waals surface area contributed by atoms with Gasteiger partial charge < -0.3 is 0 Å². The third-order valence-corrected chi connectivity index (χ3v) is 4.72. The molecule has 96 valence electrons. The summed E-state index contributed by atoms with van der Waals surface area (Å²) in [6.45, 7) is 0.889. The molecule has 0 amide bonds. The van der Waals surface area contributed by atoms with E-state index < -0.39 is 0 Å². The summed E-state index contributed by atoms with van der Waals surface area (Å²) in [7, 11) is 0. The second kappa shape index (κ2) is 5.74. The molecule has 2 aromatic carbocycles. The van der Waals surface area contributed by atoms with Gasteiger partial charge in [0.1, 0.15) is 11.6 Å². The van der Waals surface area contributed by atoms with Gasteiger partial charge in [-0.25, -0.2) is 0 Å². The Morgan fingerprint density at radius 2 is 1.58 bits per heavy atom. The molecule has 1 saturated heterocycles. The minimum absolute atomic E-state index is 0.889. The number of thiocarbonyl (C=S) groups is 1. The molecule has 0 aliphatic carbocycles. The molecule has 1 heterocycles. The van der Waals surface area contributed by atoms with Crippen molar-refractivity contribution in [2.75, 3.05) is 17.4 Å². The highest BCUT2D eigenvalue weighted by atomic mass is 32.2. The highest BCUT2D eigenvalue weighted by molar-refractivity contribution is 8.23. The van der Waals surface area contributed by atoms with Crippen LogP contribution in [0.2, 0.25) is 0 Å². The van der Waals surface area contributed by atoms with Gasteiger partial charge in [-0.2, -0.15) is 0 Å². The van der Waals surface area contributed by atoms with Crippen molar-refractivity contribution >= 4 is 39.7 Å². The summed E-state index contributed by atoms with van der Waals surface area (Å²) in [4.78, 5) is 3.65. The van der Waals surface area contributed by atoms with E-state index in [2.05, 4.69) is 59.5 Å². The van der Waals surface area contributed by atoms with E-state index in [1.54, 1.807) is 11.8 Å². The number of thioether (sulfide) groups is 1. The molecule has 1 aliphatic rings. The van der Waals surface area contributed by atoms with E-state index in [9.17, 15) is 0 Å². The summed E-state index contributed by atoms with van der Waals surface area (Å²) >= 11 is 7.23. The van der Waals surface area contributed by atoms with Gasteiger partial charge >= 0.3 is 0 Å². The predicted octanol–water partition coefficient (Wildman–Crippen LogP) is 2.66. The Morgan fingerprint density at radius 3 is 2.26 bits per heavy atom. The molecule has 2 nitrogen and oxygen atoms in total. The van der Waals surface area contributed by atoms with Crippen LogP contribution in [0.5, 0.6) is 0 Å². The van der Waals surface area contributed by atoms with Gasteiger partial charge in [0, 0.05) is 5.69 Å². The zero-order valence-electron chi connectivity index (χ0n) is 10.5. The van der Waals surface area contributed by atoms with Crippen molar-refractivity contribution in [1.82, 2.24) is 0 Å². The molecule has 1 unspecified atom stereocenters. The van der Waals surface area contributed by atoms with Gasteiger partial charge in [0.2, 0.25) is 0 Å². The molecule has 0 saturated carbocycles. The summed E-state index contributed by atoms with van der Waals surface area (Å²) in [6.07, 6.45) is 0. The minimum atomic E-state index is 0.889. The Balaban J connectivity index is 1.84. The molecule has 19 heavy (non-hydrogen) atoms. The first-order valence-corrected chi connectivity index (χ1v) is 7.63. The molecule has 0 radical (unpaired) electrons. The van der Waals surface area contributed by atoms with Crippen molar-refractivity contribution in [3.63, 3.8) is 0 Å². The highest BCUT2D eigenvalue weighted by Crippen LogP contribution is 2.20. The maximum absolute atomic E-state index is 5.49. The van der Waals surface area contributed by atoms with Crippen molar-refractivity contribution in [3.8, 4) is 0 Å². The normalized spacial score (nSPS) is 19.5. The van der Waals surface area contributed by atoms with Crippen LogP contribution in [0.1, 0.15) is 0 Å². The van der Waals surface area contributed by atoms with Crippen molar-refractivity contribution in [2.24, 2.45) is 0 Å². The summed E-state index contributed by atoms with van der Waals surface area (Å²) < 4.78 is 0.964. The van der Waals surface area contributed by atoms with E-state index in [0.717, 1.165) is 16.9 Å².